The van der Waals surface area contributed by atoms with Crippen molar-refractivity contribution in [2.24, 2.45) is 5.10 Å². The first kappa shape index (κ1) is 8.20. The molecule has 1 amide bonds. The maximum Gasteiger partial charge on any atom is 0.257 e. The summed E-state index contributed by atoms with van der Waals surface area (Å²) in [6.07, 6.45) is 3.26. The van der Waals surface area contributed by atoms with Crippen molar-refractivity contribution in [3.63, 3.8) is 0 Å². The lowest BCUT2D eigenvalue weighted by molar-refractivity contribution is -0.123. The molecule has 1 rings (SSSR count). The molecular weight excluding hydrogens is 142 g/mol. The van der Waals surface area contributed by atoms with Gasteiger partial charge in [0.15, 0.2) is 0 Å². The summed E-state index contributed by atoms with van der Waals surface area (Å²) >= 11 is 0. The fourth-order valence-electron chi connectivity index (χ4n) is 0.939. The lowest BCUT2D eigenvalue weighted by Gasteiger charge is -2.19. The minimum Gasteiger partial charge on any atom is -0.303 e. The first-order valence-corrected chi connectivity index (χ1v) is 3.68. The molecule has 0 fully saturated rings. The molecule has 1 aliphatic heterocycles. The molecule has 0 aromatic rings. The number of amides is 1. The van der Waals surface area contributed by atoms with Crippen molar-refractivity contribution in [2.45, 2.75) is 32.4 Å². The third kappa shape index (κ3) is 2.31. The summed E-state index contributed by atoms with van der Waals surface area (Å²) in [7, 11) is 0. The van der Waals surface area contributed by atoms with Gasteiger partial charge in [-0.1, -0.05) is 13.8 Å². The van der Waals surface area contributed by atoms with Crippen molar-refractivity contribution < 1.29 is 4.79 Å². The zero-order chi connectivity index (χ0) is 8.27. The monoisotopic (exact) mass is 154 g/mol. The zero-order valence-electron chi connectivity index (χ0n) is 6.72. The topological polar surface area (TPSA) is 53.5 Å². The Morgan fingerprint density at radius 2 is 2.55 bits per heavy atom. The number of carbonyl (C=O) groups is 1. The number of nitrogens with one attached hydrogen (secondary N) is 2. The molecule has 1 unspecified atom stereocenters. The van der Waals surface area contributed by atoms with Gasteiger partial charge >= 0.3 is 0 Å². The van der Waals surface area contributed by atoms with Crippen LogP contribution in [0.15, 0.2) is 5.10 Å². The molecule has 1 aliphatic rings. The highest BCUT2D eigenvalue weighted by Crippen LogP contribution is 1.96. The highest BCUT2D eigenvalue weighted by atomic mass is 16.2. The summed E-state index contributed by atoms with van der Waals surface area (Å²) in [4.78, 5) is 11.0. The van der Waals surface area contributed by atoms with E-state index in [2.05, 4.69) is 22.1 Å². The second kappa shape index (κ2) is 3.48. The Morgan fingerprint density at radius 3 is 3.09 bits per heavy atom. The number of hydrogen-bond donors (Lipinski definition) is 2. The Kier molecular flexibility index (Phi) is 2.59. The molecule has 0 saturated heterocycles. The van der Waals surface area contributed by atoms with Gasteiger partial charge in [0.25, 0.3) is 5.91 Å². The van der Waals surface area contributed by atoms with Crippen LogP contribution in [0.2, 0.25) is 0 Å². The minimum absolute atomic E-state index is 0.0718. The molecule has 1 heterocycles. The Balaban J connectivity index is 2.44. The smallest absolute Gasteiger partial charge is 0.257 e. The first-order chi connectivity index (χ1) is 5.20. The lowest BCUT2D eigenvalue weighted by atomic mass is 10.1. The fraction of sp³-hybridized carbons (Fsp3) is 0.714. The third-order valence-electron chi connectivity index (χ3n) is 1.39. The van der Waals surface area contributed by atoms with Gasteiger partial charge in [-0.15, -0.1) is 0 Å². The van der Waals surface area contributed by atoms with Crippen LogP contribution in [-0.2, 0) is 4.79 Å². The van der Waals surface area contributed by atoms with Crippen LogP contribution >= 0.6 is 0 Å². The molecule has 4 heteroatoms. The summed E-state index contributed by atoms with van der Waals surface area (Å²) in [6.45, 7) is 4.00. The highest BCUT2D eigenvalue weighted by molar-refractivity contribution is 5.87. The van der Waals surface area contributed by atoms with Crippen LogP contribution in [0.25, 0.3) is 0 Å². The summed E-state index contributed by atoms with van der Waals surface area (Å²) < 4.78 is 0. The minimum atomic E-state index is -0.160. The Bertz CT molecular complexity index is 177. The molecule has 0 aromatic heterocycles. The number of nitrogens with zero attached hydrogens (tertiary/aromatic N) is 1. The van der Waals surface area contributed by atoms with E-state index in [1.807, 2.05) is 13.8 Å². The average molecular weight is 154 g/mol. The largest absolute Gasteiger partial charge is 0.303 e. The summed E-state index contributed by atoms with van der Waals surface area (Å²) in [5.41, 5.74) is 2.35. The second-order valence-electron chi connectivity index (χ2n) is 2.82. The molecule has 1 atom stereocenters. The van der Waals surface area contributed by atoms with Gasteiger partial charge in [-0.2, -0.15) is 5.10 Å². The summed E-state index contributed by atoms with van der Waals surface area (Å²) in [5, 5.41) is 6.62. The van der Waals surface area contributed by atoms with Crippen LogP contribution in [0.4, 0.5) is 0 Å². The molecule has 0 aliphatic carbocycles. The maximum absolute atomic E-state index is 11.0. The number of hydrogen-bond acceptors (Lipinski definition) is 3. The molecule has 4 nitrogen and oxygen atoms in total. The van der Waals surface area contributed by atoms with Gasteiger partial charge in [0.05, 0.1) is 12.3 Å². The molecule has 0 saturated carbocycles. The zero-order valence-corrected chi connectivity index (χ0v) is 6.72. The van der Waals surface area contributed by atoms with Crippen LogP contribution in [0.5, 0.6) is 0 Å². The van der Waals surface area contributed by atoms with Gasteiger partial charge in [0.2, 0.25) is 0 Å². The fourth-order valence-corrected chi connectivity index (χ4v) is 0.939. The molecule has 61 valence electrons. The van der Waals surface area contributed by atoms with Gasteiger partial charge in [-0.05, 0) is 0 Å². The van der Waals surface area contributed by atoms with E-state index < -0.39 is 0 Å². The van der Waals surface area contributed by atoms with E-state index in [0.717, 1.165) is 0 Å². The normalized spacial score (nSPS) is 23.9. The molecule has 0 aromatic carbocycles. The molecule has 1 radical (unpaired) electrons. The van der Waals surface area contributed by atoms with Crippen molar-refractivity contribution in [3.05, 3.63) is 0 Å². The number of rotatable bonds is 2. The van der Waals surface area contributed by atoms with Crippen LogP contribution in [0, 0.1) is 0 Å². The molecule has 2 N–H and O–H groups in total. The van der Waals surface area contributed by atoms with Gasteiger partial charge < -0.3 is 5.32 Å². The van der Waals surface area contributed by atoms with E-state index in [1.54, 1.807) is 0 Å². The summed E-state index contributed by atoms with van der Waals surface area (Å²) in [6, 6.07) is 0.151. The standard InChI is InChI=1S/C7H12N3O/c1-5(2)9-6-3-4-8-10-7(6)11/h5-6,9H,3H2,1-2H3,(H,10,11). The van der Waals surface area contributed by atoms with Gasteiger partial charge in [-0.3, -0.25) is 4.79 Å². The van der Waals surface area contributed by atoms with Crippen LogP contribution < -0.4 is 10.7 Å². The van der Waals surface area contributed by atoms with E-state index >= 15 is 0 Å². The number of hydrazone groups is 1. The van der Waals surface area contributed by atoms with Crippen LogP contribution in [0.1, 0.15) is 20.3 Å². The predicted octanol–water partition coefficient (Wildman–Crippen LogP) is -0.264. The lowest BCUT2D eigenvalue weighted by Crippen LogP contribution is -2.47. The van der Waals surface area contributed by atoms with E-state index in [9.17, 15) is 4.79 Å². The van der Waals surface area contributed by atoms with Crippen molar-refractivity contribution in [2.75, 3.05) is 0 Å². The Hall–Kier alpha value is -0.900. The van der Waals surface area contributed by atoms with E-state index in [0.29, 0.717) is 12.5 Å². The number of carbonyl (C=O) groups excluding carboxylic acids is 1. The van der Waals surface area contributed by atoms with Crippen molar-refractivity contribution >= 4 is 12.1 Å². The van der Waals surface area contributed by atoms with E-state index in [1.165, 1.54) is 0 Å². The molecule has 0 bridgehead atoms. The third-order valence-corrected chi connectivity index (χ3v) is 1.39. The Labute approximate surface area is 66.0 Å². The summed E-state index contributed by atoms with van der Waals surface area (Å²) in [5.74, 6) is -0.0718. The average Bonchev–Trinajstić information content (AvgIpc) is 1.93. The van der Waals surface area contributed by atoms with Crippen LogP contribution in [0.3, 0.4) is 0 Å². The molecular formula is C7H12N3O. The highest BCUT2D eigenvalue weighted by Gasteiger charge is 2.20. The van der Waals surface area contributed by atoms with Gasteiger partial charge in [-0.25, -0.2) is 5.43 Å². The van der Waals surface area contributed by atoms with Crippen molar-refractivity contribution in [1.29, 1.82) is 0 Å². The maximum atomic E-state index is 11.0. The van der Waals surface area contributed by atoms with Gasteiger partial charge in [0.1, 0.15) is 0 Å². The van der Waals surface area contributed by atoms with Crippen molar-refractivity contribution in [3.8, 4) is 0 Å². The van der Waals surface area contributed by atoms with Crippen LogP contribution in [-0.4, -0.2) is 24.2 Å². The molecule has 0 spiro atoms. The van der Waals surface area contributed by atoms with Crippen molar-refractivity contribution in [1.82, 2.24) is 10.7 Å². The van der Waals surface area contributed by atoms with E-state index in [4.69, 9.17) is 0 Å². The molecule has 11 heavy (non-hydrogen) atoms. The SMILES string of the molecule is CC(C)NC1C[C]=NNC1=O. The second-order valence-corrected chi connectivity index (χ2v) is 2.82. The van der Waals surface area contributed by atoms with Gasteiger partial charge in [0, 0.05) is 12.5 Å². The quantitative estimate of drug-likeness (QED) is 0.575. The predicted molar refractivity (Wildman–Crippen MR) is 42.3 cm³/mol. The van der Waals surface area contributed by atoms with E-state index in [-0.39, 0.29) is 11.9 Å². The Morgan fingerprint density at radius 1 is 1.82 bits per heavy atom. The first-order valence-electron chi connectivity index (χ1n) is 3.68.